The lowest BCUT2D eigenvalue weighted by atomic mass is 10.5. The van der Waals surface area contributed by atoms with Crippen molar-refractivity contribution in [2.75, 3.05) is 6.61 Å². The molecular formula is C7H9N5O. The van der Waals surface area contributed by atoms with Gasteiger partial charge in [-0.05, 0) is 0 Å². The first kappa shape index (κ1) is 8.09. The van der Waals surface area contributed by atoms with Crippen LogP contribution in [0.25, 0.3) is 11.2 Å². The second kappa shape index (κ2) is 3.46. The van der Waals surface area contributed by atoms with Crippen LogP contribution in [-0.4, -0.2) is 26.1 Å². The highest BCUT2D eigenvalue weighted by Crippen LogP contribution is 2.06. The summed E-state index contributed by atoms with van der Waals surface area (Å²) in [6.45, 7) is 1.08. The molecule has 0 aliphatic rings. The number of fused-ring (bicyclic) bond motifs is 1. The molecule has 2 heterocycles. The minimum atomic E-state index is 0.440. The van der Waals surface area contributed by atoms with E-state index in [1.165, 1.54) is 6.33 Å². The predicted molar refractivity (Wildman–Crippen MR) is 45.5 cm³/mol. The van der Waals surface area contributed by atoms with Crippen molar-refractivity contribution in [1.29, 1.82) is 0 Å². The van der Waals surface area contributed by atoms with Gasteiger partial charge in [-0.15, -0.1) is 0 Å². The van der Waals surface area contributed by atoms with Crippen molar-refractivity contribution in [3.63, 3.8) is 0 Å². The van der Waals surface area contributed by atoms with Crippen molar-refractivity contribution in [1.82, 2.24) is 19.5 Å². The fourth-order valence-corrected chi connectivity index (χ4v) is 1.13. The van der Waals surface area contributed by atoms with E-state index in [0.29, 0.717) is 13.2 Å². The first-order valence-electron chi connectivity index (χ1n) is 3.84. The molecule has 0 aromatic carbocycles. The summed E-state index contributed by atoms with van der Waals surface area (Å²) in [5, 5.41) is 0. The Kier molecular flexibility index (Phi) is 2.15. The van der Waals surface area contributed by atoms with Crippen molar-refractivity contribution in [3.05, 3.63) is 18.9 Å². The van der Waals surface area contributed by atoms with Gasteiger partial charge in [-0.2, -0.15) is 0 Å². The van der Waals surface area contributed by atoms with Crippen molar-refractivity contribution in [3.8, 4) is 0 Å². The molecule has 0 fully saturated rings. The molecule has 6 nitrogen and oxygen atoms in total. The van der Waals surface area contributed by atoms with E-state index in [2.05, 4.69) is 19.8 Å². The molecule has 0 amide bonds. The summed E-state index contributed by atoms with van der Waals surface area (Å²) in [6.07, 6.45) is 4.85. The van der Waals surface area contributed by atoms with E-state index < -0.39 is 0 Å². The molecule has 2 N–H and O–H groups in total. The topological polar surface area (TPSA) is 78.9 Å². The summed E-state index contributed by atoms with van der Waals surface area (Å²) < 4.78 is 1.86. The molecule has 0 saturated carbocycles. The molecule has 0 aliphatic heterocycles. The minimum absolute atomic E-state index is 0.440. The maximum absolute atomic E-state index is 4.92. The fraction of sp³-hybridized carbons (Fsp3) is 0.286. The van der Waals surface area contributed by atoms with E-state index in [1.807, 2.05) is 4.57 Å². The first-order chi connectivity index (χ1) is 6.42. The van der Waals surface area contributed by atoms with Gasteiger partial charge in [0, 0.05) is 0 Å². The lowest BCUT2D eigenvalue weighted by Gasteiger charge is -2.00. The number of aromatic nitrogens is 4. The molecule has 0 atom stereocenters. The highest BCUT2D eigenvalue weighted by atomic mass is 16.6. The molecule has 0 radical (unpaired) electrons. The Morgan fingerprint density at radius 2 is 2.38 bits per heavy atom. The zero-order valence-electron chi connectivity index (χ0n) is 6.92. The van der Waals surface area contributed by atoms with Gasteiger partial charge in [-0.3, -0.25) is 0 Å². The van der Waals surface area contributed by atoms with Crippen molar-refractivity contribution in [2.24, 2.45) is 5.90 Å². The number of nitrogens with two attached hydrogens (primary N) is 1. The largest absolute Gasteiger partial charge is 0.313 e. The molecule has 68 valence electrons. The zero-order valence-corrected chi connectivity index (χ0v) is 6.92. The molecule has 2 aromatic heterocycles. The summed E-state index contributed by atoms with van der Waals surface area (Å²) in [5.74, 6) is 4.92. The Hall–Kier alpha value is -1.53. The summed E-state index contributed by atoms with van der Waals surface area (Å²) >= 11 is 0. The first-order valence-corrected chi connectivity index (χ1v) is 3.84. The third-order valence-corrected chi connectivity index (χ3v) is 1.73. The Balaban J connectivity index is 2.35. The van der Waals surface area contributed by atoms with Crippen LogP contribution in [0, 0.1) is 0 Å². The lowest BCUT2D eigenvalue weighted by Crippen LogP contribution is -2.08. The van der Waals surface area contributed by atoms with Crippen LogP contribution < -0.4 is 5.90 Å². The third-order valence-electron chi connectivity index (χ3n) is 1.73. The highest BCUT2D eigenvalue weighted by molar-refractivity contribution is 5.68. The lowest BCUT2D eigenvalue weighted by molar-refractivity contribution is 0.130. The molecule has 0 bridgehead atoms. The normalized spacial score (nSPS) is 10.8. The molecule has 0 saturated heterocycles. The van der Waals surface area contributed by atoms with E-state index in [4.69, 9.17) is 5.90 Å². The molecule has 0 spiro atoms. The van der Waals surface area contributed by atoms with Crippen LogP contribution >= 0.6 is 0 Å². The SMILES string of the molecule is NOCCn1cnc2cncnc21. The zero-order chi connectivity index (χ0) is 9.10. The second-order valence-electron chi connectivity index (χ2n) is 2.54. The van der Waals surface area contributed by atoms with Crippen molar-refractivity contribution < 1.29 is 4.84 Å². The van der Waals surface area contributed by atoms with E-state index in [1.54, 1.807) is 12.5 Å². The Morgan fingerprint density at radius 3 is 3.23 bits per heavy atom. The average Bonchev–Trinajstić information content (AvgIpc) is 2.58. The summed E-state index contributed by atoms with van der Waals surface area (Å²) in [5.41, 5.74) is 1.58. The van der Waals surface area contributed by atoms with E-state index in [9.17, 15) is 0 Å². The average molecular weight is 179 g/mol. The van der Waals surface area contributed by atoms with Gasteiger partial charge in [0.1, 0.15) is 11.8 Å². The maximum atomic E-state index is 4.92. The minimum Gasteiger partial charge on any atom is -0.313 e. The standard InChI is InChI=1S/C7H9N5O/c8-13-2-1-12-5-11-6-3-9-4-10-7(6)12/h3-5H,1-2,8H2. The number of rotatable bonds is 3. The molecular weight excluding hydrogens is 170 g/mol. The van der Waals surface area contributed by atoms with Crippen LogP contribution in [0.1, 0.15) is 0 Å². The Labute approximate surface area is 74.3 Å². The Bertz CT molecular complexity index is 398. The van der Waals surface area contributed by atoms with Crippen LogP contribution in [0.5, 0.6) is 0 Å². The molecule has 13 heavy (non-hydrogen) atoms. The van der Waals surface area contributed by atoms with Gasteiger partial charge < -0.3 is 9.40 Å². The number of hydrogen-bond acceptors (Lipinski definition) is 5. The van der Waals surface area contributed by atoms with Crippen LogP contribution in [0.3, 0.4) is 0 Å². The highest BCUT2D eigenvalue weighted by Gasteiger charge is 2.01. The molecule has 0 unspecified atom stereocenters. The van der Waals surface area contributed by atoms with Gasteiger partial charge in [-0.1, -0.05) is 0 Å². The summed E-state index contributed by atoms with van der Waals surface area (Å²) in [6, 6.07) is 0. The number of imidazole rings is 1. The van der Waals surface area contributed by atoms with Gasteiger partial charge in [0.2, 0.25) is 0 Å². The van der Waals surface area contributed by atoms with E-state index >= 15 is 0 Å². The summed E-state index contributed by atoms with van der Waals surface area (Å²) in [4.78, 5) is 16.5. The number of hydrogen-bond donors (Lipinski definition) is 1. The maximum Gasteiger partial charge on any atom is 0.163 e. The van der Waals surface area contributed by atoms with E-state index in [0.717, 1.165) is 11.2 Å². The quantitative estimate of drug-likeness (QED) is 0.655. The van der Waals surface area contributed by atoms with Gasteiger partial charge in [-0.25, -0.2) is 20.8 Å². The van der Waals surface area contributed by atoms with Crippen LogP contribution in [0.2, 0.25) is 0 Å². The monoisotopic (exact) mass is 179 g/mol. The van der Waals surface area contributed by atoms with Crippen LogP contribution in [0.4, 0.5) is 0 Å². The van der Waals surface area contributed by atoms with Gasteiger partial charge in [0.05, 0.1) is 25.7 Å². The fourth-order valence-electron chi connectivity index (χ4n) is 1.13. The molecule has 0 aliphatic carbocycles. The van der Waals surface area contributed by atoms with Crippen molar-refractivity contribution in [2.45, 2.75) is 6.54 Å². The van der Waals surface area contributed by atoms with Gasteiger partial charge in [0.15, 0.2) is 5.65 Å². The molecule has 2 rings (SSSR count). The van der Waals surface area contributed by atoms with Crippen LogP contribution in [-0.2, 0) is 11.4 Å². The van der Waals surface area contributed by atoms with Crippen LogP contribution in [0.15, 0.2) is 18.9 Å². The smallest absolute Gasteiger partial charge is 0.163 e. The third kappa shape index (κ3) is 1.49. The number of nitrogens with zero attached hydrogens (tertiary/aromatic N) is 4. The Morgan fingerprint density at radius 1 is 1.46 bits per heavy atom. The van der Waals surface area contributed by atoms with E-state index in [-0.39, 0.29) is 0 Å². The van der Waals surface area contributed by atoms with Gasteiger partial charge >= 0.3 is 0 Å². The van der Waals surface area contributed by atoms with Gasteiger partial charge in [0.25, 0.3) is 0 Å². The predicted octanol–water partition coefficient (Wildman–Crippen LogP) is -0.283. The summed E-state index contributed by atoms with van der Waals surface area (Å²) in [7, 11) is 0. The molecule has 2 aromatic rings. The second-order valence-corrected chi connectivity index (χ2v) is 2.54. The van der Waals surface area contributed by atoms with Crippen molar-refractivity contribution >= 4 is 11.2 Å². The molecule has 6 heteroatoms.